The standard InChI is InChI=1S/C14H30O3/c1-4-6-7-13(5-2)8-9-14(16)11-17-12(3)10-15/h12-16H,4-11H2,1-3H3. The Balaban J connectivity index is 3.61. The van der Waals surface area contributed by atoms with Crippen molar-refractivity contribution < 1.29 is 14.9 Å². The highest BCUT2D eigenvalue weighted by molar-refractivity contribution is 4.63. The third kappa shape index (κ3) is 9.57. The summed E-state index contributed by atoms with van der Waals surface area (Å²) in [5.74, 6) is 0.736. The van der Waals surface area contributed by atoms with Crippen LogP contribution in [0.5, 0.6) is 0 Å². The maximum atomic E-state index is 9.76. The first-order valence-corrected chi connectivity index (χ1v) is 7.04. The van der Waals surface area contributed by atoms with Crippen LogP contribution in [0.4, 0.5) is 0 Å². The second-order valence-electron chi connectivity index (χ2n) is 4.97. The molecular formula is C14H30O3. The minimum atomic E-state index is -0.389. The van der Waals surface area contributed by atoms with Gasteiger partial charge >= 0.3 is 0 Å². The maximum Gasteiger partial charge on any atom is 0.0779 e. The molecule has 0 saturated carbocycles. The van der Waals surface area contributed by atoms with Crippen molar-refractivity contribution in [2.24, 2.45) is 5.92 Å². The zero-order valence-electron chi connectivity index (χ0n) is 11.7. The lowest BCUT2D eigenvalue weighted by Crippen LogP contribution is -2.22. The molecule has 0 spiro atoms. The molecule has 0 aromatic rings. The van der Waals surface area contributed by atoms with Crippen molar-refractivity contribution in [2.45, 2.75) is 71.5 Å². The average Bonchev–Trinajstić information content (AvgIpc) is 2.36. The quantitative estimate of drug-likeness (QED) is 0.589. The highest BCUT2D eigenvalue weighted by Gasteiger charge is 2.11. The van der Waals surface area contributed by atoms with E-state index in [1.807, 2.05) is 6.92 Å². The Kier molecular flexibility index (Phi) is 10.9. The van der Waals surface area contributed by atoms with Gasteiger partial charge in [0.05, 0.1) is 25.4 Å². The fourth-order valence-corrected chi connectivity index (χ4v) is 1.88. The molecule has 3 atom stereocenters. The highest BCUT2D eigenvalue weighted by atomic mass is 16.5. The van der Waals surface area contributed by atoms with Crippen LogP contribution >= 0.6 is 0 Å². The third-order valence-electron chi connectivity index (χ3n) is 3.28. The van der Waals surface area contributed by atoms with Crippen LogP contribution in [-0.4, -0.2) is 35.6 Å². The Bertz CT molecular complexity index is 162. The fraction of sp³-hybridized carbons (Fsp3) is 1.00. The molecule has 0 rings (SSSR count). The van der Waals surface area contributed by atoms with Crippen LogP contribution in [0, 0.1) is 5.92 Å². The van der Waals surface area contributed by atoms with E-state index in [0.717, 1.165) is 18.8 Å². The van der Waals surface area contributed by atoms with Crippen molar-refractivity contribution in [1.82, 2.24) is 0 Å². The largest absolute Gasteiger partial charge is 0.394 e. The molecule has 0 aromatic heterocycles. The van der Waals surface area contributed by atoms with Crippen molar-refractivity contribution in [1.29, 1.82) is 0 Å². The topological polar surface area (TPSA) is 49.7 Å². The van der Waals surface area contributed by atoms with Gasteiger partial charge in [0, 0.05) is 0 Å². The molecule has 17 heavy (non-hydrogen) atoms. The van der Waals surface area contributed by atoms with Gasteiger partial charge in [0.25, 0.3) is 0 Å². The van der Waals surface area contributed by atoms with Gasteiger partial charge in [0.2, 0.25) is 0 Å². The minimum absolute atomic E-state index is 0.0147. The van der Waals surface area contributed by atoms with Crippen LogP contribution in [0.1, 0.15) is 59.3 Å². The Morgan fingerprint density at radius 3 is 2.35 bits per heavy atom. The van der Waals surface area contributed by atoms with E-state index in [-0.39, 0.29) is 18.8 Å². The van der Waals surface area contributed by atoms with Crippen molar-refractivity contribution in [3.8, 4) is 0 Å². The minimum Gasteiger partial charge on any atom is -0.394 e. The number of ether oxygens (including phenoxy) is 1. The highest BCUT2D eigenvalue weighted by Crippen LogP contribution is 2.19. The first kappa shape index (κ1) is 16.9. The lowest BCUT2D eigenvalue weighted by atomic mass is 9.93. The molecule has 0 aliphatic heterocycles. The molecular weight excluding hydrogens is 216 g/mol. The second kappa shape index (κ2) is 11.0. The maximum absolute atomic E-state index is 9.76. The molecule has 2 N–H and O–H groups in total. The van der Waals surface area contributed by atoms with E-state index in [9.17, 15) is 5.11 Å². The summed E-state index contributed by atoms with van der Waals surface area (Å²) in [7, 11) is 0. The van der Waals surface area contributed by atoms with Gasteiger partial charge in [-0.15, -0.1) is 0 Å². The van der Waals surface area contributed by atoms with E-state index in [2.05, 4.69) is 13.8 Å². The number of aliphatic hydroxyl groups excluding tert-OH is 2. The zero-order valence-corrected chi connectivity index (χ0v) is 11.7. The molecule has 3 heteroatoms. The number of rotatable bonds is 11. The molecule has 0 radical (unpaired) electrons. The number of aliphatic hydroxyl groups is 2. The molecule has 0 bridgehead atoms. The van der Waals surface area contributed by atoms with E-state index in [0.29, 0.717) is 6.61 Å². The van der Waals surface area contributed by atoms with E-state index >= 15 is 0 Å². The summed E-state index contributed by atoms with van der Waals surface area (Å²) in [6.07, 6.45) is 6.32. The molecule has 0 heterocycles. The molecule has 0 amide bonds. The van der Waals surface area contributed by atoms with E-state index in [4.69, 9.17) is 9.84 Å². The Labute approximate surface area is 106 Å². The third-order valence-corrected chi connectivity index (χ3v) is 3.28. The van der Waals surface area contributed by atoms with Gasteiger partial charge in [0.1, 0.15) is 0 Å². The molecule has 3 unspecified atom stereocenters. The summed E-state index contributed by atoms with van der Waals surface area (Å²) in [5, 5.41) is 18.6. The van der Waals surface area contributed by atoms with Crippen molar-refractivity contribution in [3.63, 3.8) is 0 Å². The van der Waals surface area contributed by atoms with Crippen LogP contribution in [0.2, 0.25) is 0 Å². The Morgan fingerprint density at radius 1 is 1.12 bits per heavy atom. The van der Waals surface area contributed by atoms with Crippen LogP contribution < -0.4 is 0 Å². The van der Waals surface area contributed by atoms with Crippen molar-refractivity contribution in [3.05, 3.63) is 0 Å². The Hall–Kier alpha value is -0.120. The Morgan fingerprint density at radius 2 is 1.82 bits per heavy atom. The van der Waals surface area contributed by atoms with Gasteiger partial charge < -0.3 is 14.9 Å². The number of hydrogen-bond donors (Lipinski definition) is 2. The van der Waals surface area contributed by atoms with E-state index in [1.165, 1.54) is 25.7 Å². The molecule has 0 aliphatic carbocycles. The van der Waals surface area contributed by atoms with Crippen LogP contribution in [0.15, 0.2) is 0 Å². The van der Waals surface area contributed by atoms with Crippen molar-refractivity contribution in [2.75, 3.05) is 13.2 Å². The van der Waals surface area contributed by atoms with E-state index < -0.39 is 0 Å². The van der Waals surface area contributed by atoms with Crippen LogP contribution in [-0.2, 0) is 4.74 Å². The smallest absolute Gasteiger partial charge is 0.0779 e. The van der Waals surface area contributed by atoms with Crippen LogP contribution in [0.3, 0.4) is 0 Å². The lowest BCUT2D eigenvalue weighted by molar-refractivity contribution is -0.0270. The molecule has 104 valence electrons. The predicted octanol–water partition coefficient (Wildman–Crippen LogP) is 2.74. The predicted molar refractivity (Wildman–Crippen MR) is 71.0 cm³/mol. The summed E-state index contributed by atoms with van der Waals surface area (Å²) in [5.41, 5.74) is 0. The summed E-state index contributed by atoms with van der Waals surface area (Å²) in [4.78, 5) is 0. The van der Waals surface area contributed by atoms with Gasteiger partial charge in [-0.1, -0.05) is 39.5 Å². The molecule has 0 saturated heterocycles. The fourth-order valence-electron chi connectivity index (χ4n) is 1.88. The summed E-state index contributed by atoms with van der Waals surface area (Å²) in [6.45, 7) is 6.60. The van der Waals surface area contributed by atoms with Crippen LogP contribution in [0.25, 0.3) is 0 Å². The normalized spacial score (nSPS) is 16.8. The summed E-state index contributed by atoms with van der Waals surface area (Å²) < 4.78 is 5.30. The molecule has 0 aliphatic rings. The van der Waals surface area contributed by atoms with E-state index in [1.54, 1.807) is 0 Å². The number of hydrogen-bond acceptors (Lipinski definition) is 3. The molecule has 3 nitrogen and oxygen atoms in total. The molecule has 0 fully saturated rings. The van der Waals surface area contributed by atoms with Gasteiger partial charge in [-0.3, -0.25) is 0 Å². The lowest BCUT2D eigenvalue weighted by Gasteiger charge is -2.18. The molecule has 0 aromatic carbocycles. The van der Waals surface area contributed by atoms with Gasteiger partial charge in [-0.2, -0.15) is 0 Å². The van der Waals surface area contributed by atoms with Gasteiger partial charge in [0.15, 0.2) is 0 Å². The van der Waals surface area contributed by atoms with Gasteiger partial charge in [-0.25, -0.2) is 0 Å². The first-order chi connectivity index (χ1) is 8.13. The van der Waals surface area contributed by atoms with Gasteiger partial charge in [-0.05, 0) is 25.7 Å². The summed E-state index contributed by atoms with van der Waals surface area (Å²) >= 11 is 0. The van der Waals surface area contributed by atoms with Crippen molar-refractivity contribution >= 4 is 0 Å². The number of unbranched alkanes of at least 4 members (excludes halogenated alkanes) is 1. The average molecular weight is 246 g/mol. The monoisotopic (exact) mass is 246 g/mol. The first-order valence-electron chi connectivity index (χ1n) is 7.04. The zero-order chi connectivity index (χ0) is 13.1. The second-order valence-corrected chi connectivity index (χ2v) is 4.97. The summed E-state index contributed by atoms with van der Waals surface area (Å²) in [6, 6.07) is 0. The SMILES string of the molecule is CCCCC(CC)CCC(O)COC(C)CO.